The van der Waals surface area contributed by atoms with Gasteiger partial charge in [0.25, 0.3) is 0 Å². The summed E-state index contributed by atoms with van der Waals surface area (Å²) < 4.78 is 1.16. The normalized spacial score (nSPS) is 12.2. The van der Waals surface area contributed by atoms with E-state index in [2.05, 4.69) is 18.0 Å². The number of benzene rings is 1. The molecule has 2 N–H and O–H groups in total. The van der Waals surface area contributed by atoms with Gasteiger partial charge in [0.05, 0.1) is 28.4 Å². The fourth-order valence-electron chi connectivity index (χ4n) is 2.25. The molecule has 0 radical (unpaired) electrons. The maximum Gasteiger partial charge on any atom is 0.0945 e. The van der Waals surface area contributed by atoms with E-state index in [1.54, 1.807) is 11.3 Å². The number of nitrogens with zero attached hydrogens (tertiary/aromatic N) is 1. The Balaban J connectivity index is 2.25. The average molecular weight is 265 g/mol. The van der Waals surface area contributed by atoms with Gasteiger partial charge in [-0.15, -0.1) is 11.3 Å². The monoisotopic (exact) mass is 265 g/mol. The van der Waals surface area contributed by atoms with Crippen molar-refractivity contribution in [3.63, 3.8) is 0 Å². The third kappa shape index (κ3) is 2.71. The molecule has 0 bridgehead atoms. The Morgan fingerprint density at radius 2 is 1.94 bits per heavy atom. The van der Waals surface area contributed by atoms with Crippen molar-refractivity contribution >= 4 is 21.6 Å². The molecule has 0 aliphatic carbocycles. The van der Waals surface area contributed by atoms with Gasteiger partial charge >= 0.3 is 0 Å². The molecule has 0 amide bonds. The lowest BCUT2D eigenvalue weighted by Gasteiger charge is -2.28. The summed E-state index contributed by atoms with van der Waals surface area (Å²) in [4.78, 5) is 4.57. The number of para-hydroxylation sites is 1. The molecule has 0 unspecified atom stereocenters. The minimum atomic E-state index is -0.428. The molecule has 0 saturated heterocycles. The van der Waals surface area contributed by atoms with E-state index >= 15 is 0 Å². The summed E-state index contributed by atoms with van der Waals surface area (Å²) in [7, 11) is 0. The van der Waals surface area contributed by atoms with Gasteiger partial charge in [-0.3, -0.25) is 0 Å². The fourth-order valence-corrected chi connectivity index (χ4v) is 3.40. The summed E-state index contributed by atoms with van der Waals surface area (Å²) in [6.45, 7) is 2.08. The second-order valence-corrected chi connectivity index (χ2v) is 5.93. The average Bonchev–Trinajstić information content (AvgIpc) is 2.80. The summed E-state index contributed by atoms with van der Waals surface area (Å²) in [5.41, 5.74) is 0.571. The maximum absolute atomic E-state index is 9.56. The number of fused-ring (bicyclic) bond motifs is 1. The number of hydrogen-bond donors (Lipinski definition) is 2. The number of hydrogen-bond acceptors (Lipinski definition) is 4. The van der Waals surface area contributed by atoms with Gasteiger partial charge in [0, 0.05) is 11.8 Å². The molecule has 2 rings (SSSR count). The van der Waals surface area contributed by atoms with Crippen LogP contribution in [0.25, 0.3) is 10.2 Å². The summed E-state index contributed by atoms with van der Waals surface area (Å²) >= 11 is 1.65. The van der Waals surface area contributed by atoms with Gasteiger partial charge in [0.2, 0.25) is 0 Å². The van der Waals surface area contributed by atoms with Crippen LogP contribution in [0.1, 0.15) is 24.8 Å². The maximum atomic E-state index is 9.56. The largest absolute Gasteiger partial charge is 0.396 e. The van der Waals surface area contributed by atoms with E-state index in [1.807, 2.05) is 18.2 Å². The Morgan fingerprint density at radius 3 is 2.56 bits per heavy atom. The molecule has 0 spiro atoms. The van der Waals surface area contributed by atoms with E-state index in [-0.39, 0.29) is 13.2 Å². The van der Waals surface area contributed by atoms with Crippen molar-refractivity contribution in [3.05, 3.63) is 29.3 Å². The Bertz CT molecular complexity index is 472. The van der Waals surface area contributed by atoms with Crippen molar-refractivity contribution in [2.45, 2.75) is 26.2 Å². The van der Waals surface area contributed by atoms with Gasteiger partial charge in [0.15, 0.2) is 0 Å². The molecule has 1 aromatic heterocycles. The first kappa shape index (κ1) is 13.5. The standard InChI is InChI=1S/C14H19NO2S/c1-2-7-14(9-16,10-17)8-13-15-11-5-3-4-6-12(11)18-13/h3-6,16-17H,2,7-10H2,1H3. The predicted molar refractivity (Wildman–Crippen MR) is 74.8 cm³/mol. The van der Waals surface area contributed by atoms with Gasteiger partial charge in [0.1, 0.15) is 0 Å². The topological polar surface area (TPSA) is 53.4 Å². The molecule has 0 aliphatic rings. The molecule has 3 nitrogen and oxygen atoms in total. The molecule has 1 aromatic carbocycles. The van der Waals surface area contributed by atoms with Crippen LogP contribution >= 0.6 is 11.3 Å². The lowest BCUT2D eigenvalue weighted by Crippen LogP contribution is -2.32. The van der Waals surface area contributed by atoms with Gasteiger partial charge in [-0.05, 0) is 18.6 Å². The highest BCUT2D eigenvalue weighted by Gasteiger charge is 2.29. The molecule has 4 heteroatoms. The molecular formula is C14H19NO2S. The van der Waals surface area contributed by atoms with E-state index in [9.17, 15) is 10.2 Å². The molecule has 0 atom stereocenters. The highest BCUT2D eigenvalue weighted by atomic mass is 32.1. The molecule has 0 aliphatic heterocycles. The highest BCUT2D eigenvalue weighted by molar-refractivity contribution is 7.18. The smallest absolute Gasteiger partial charge is 0.0945 e. The molecule has 0 fully saturated rings. The summed E-state index contributed by atoms with van der Waals surface area (Å²) in [6, 6.07) is 8.02. The van der Waals surface area contributed by atoms with Crippen LogP contribution in [-0.4, -0.2) is 28.4 Å². The van der Waals surface area contributed by atoms with Crippen molar-refractivity contribution in [2.24, 2.45) is 5.41 Å². The van der Waals surface area contributed by atoms with E-state index in [4.69, 9.17) is 0 Å². The van der Waals surface area contributed by atoms with Crippen LogP contribution in [0.4, 0.5) is 0 Å². The van der Waals surface area contributed by atoms with Gasteiger partial charge in [-0.25, -0.2) is 4.98 Å². The van der Waals surface area contributed by atoms with Crippen LogP contribution in [0.15, 0.2) is 24.3 Å². The zero-order valence-electron chi connectivity index (χ0n) is 10.6. The SMILES string of the molecule is CCCC(CO)(CO)Cc1nc2ccccc2s1. The number of aliphatic hydroxyl groups is 2. The van der Waals surface area contributed by atoms with Crippen LogP contribution in [-0.2, 0) is 6.42 Å². The Kier molecular flexibility index (Phi) is 4.32. The van der Waals surface area contributed by atoms with Crippen LogP contribution in [0.3, 0.4) is 0 Å². The number of thiazole rings is 1. The Morgan fingerprint density at radius 1 is 1.22 bits per heavy atom. The number of aromatic nitrogens is 1. The molecular weight excluding hydrogens is 246 g/mol. The summed E-state index contributed by atoms with van der Waals surface area (Å²) in [6.07, 6.45) is 2.41. The van der Waals surface area contributed by atoms with Crippen LogP contribution in [0.5, 0.6) is 0 Å². The van der Waals surface area contributed by atoms with Crippen LogP contribution < -0.4 is 0 Å². The first-order chi connectivity index (χ1) is 8.73. The van der Waals surface area contributed by atoms with Crippen molar-refractivity contribution in [1.29, 1.82) is 0 Å². The second-order valence-electron chi connectivity index (χ2n) is 4.82. The quantitative estimate of drug-likeness (QED) is 0.844. The van der Waals surface area contributed by atoms with E-state index in [1.165, 1.54) is 0 Å². The van der Waals surface area contributed by atoms with Crippen LogP contribution in [0, 0.1) is 5.41 Å². The molecule has 0 saturated carbocycles. The second kappa shape index (κ2) is 5.78. The van der Waals surface area contributed by atoms with Crippen molar-refractivity contribution in [1.82, 2.24) is 4.98 Å². The van der Waals surface area contributed by atoms with Crippen molar-refractivity contribution in [2.75, 3.05) is 13.2 Å². The van der Waals surface area contributed by atoms with Crippen molar-refractivity contribution < 1.29 is 10.2 Å². The zero-order valence-corrected chi connectivity index (χ0v) is 11.4. The number of rotatable bonds is 6. The lowest BCUT2D eigenvalue weighted by molar-refractivity contribution is 0.0466. The van der Waals surface area contributed by atoms with E-state index < -0.39 is 5.41 Å². The summed E-state index contributed by atoms with van der Waals surface area (Å²) in [5, 5.41) is 20.1. The summed E-state index contributed by atoms with van der Waals surface area (Å²) in [5.74, 6) is 0. The molecule has 1 heterocycles. The molecule has 2 aromatic rings. The van der Waals surface area contributed by atoms with Gasteiger partial charge < -0.3 is 10.2 Å². The fraction of sp³-hybridized carbons (Fsp3) is 0.500. The Labute approximate surface area is 111 Å². The molecule has 98 valence electrons. The minimum absolute atomic E-state index is 0.00721. The minimum Gasteiger partial charge on any atom is -0.396 e. The first-order valence-electron chi connectivity index (χ1n) is 6.29. The first-order valence-corrected chi connectivity index (χ1v) is 7.11. The number of aliphatic hydroxyl groups excluding tert-OH is 2. The lowest BCUT2D eigenvalue weighted by atomic mass is 9.82. The van der Waals surface area contributed by atoms with Gasteiger partial charge in [-0.1, -0.05) is 25.5 Å². The third-order valence-electron chi connectivity index (χ3n) is 3.32. The van der Waals surface area contributed by atoms with E-state index in [0.717, 1.165) is 28.1 Å². The van der Waals surface area contributed by atoms with Crippen LogP contribution in [0.2, 0.25) is 0 Å². The van der Waals surface area contributed by atoms with E-state index in [0.29, 0.717) is 6.42 Å². The molecule has 18 heavy (non-hydrogen) atoms. The van der Waals surface area contributed by atoms with Crippen molar-refractivity contribution in [3.8, 4) is 0 Å². The predicted octanol–water partition coefficient (Wildman–Crippen LogP) is 2.61. The Hall–Kier alpha value is -0.970. The zero-order chi connectivity index (χ0) is 13.0. The third-order valence-corrected chi connectivity index (χ3v) is 4.35. The highest BCUT2D eigenvalue weighted by Crippen LogP contribution is 2.31. The van der Waals surface area contributed by atoms with Gasteiger partial charge in [-0.2, -0.15) is 0 Å².